The third kappa shape index (κ3) is 2.88. The first-order valence-electron chi connectivity index (χ1n) is 8.94. The van der Waals surface area contributed by atoms with E-state index in [0.29, 0.717) is 0 Å². The molecule has 5 rings (SSSR count). The summed E-state index contributed by atoms with van der Waals surface area (Å²) in [7, 11) is 0. The van der Waals surface area contributed by atoms with Crippen molar-refractivity contribution < 1.29 is 0 Å². The van der Waals surface area contributed by atoms with Gasteiger partial charge in [-0.3, -0.25) is 0 Å². The molecular formula is C23H23N. The van der Waals surface area contributed by atoms with Crippen LogP contribution in [0.25, 0.3) is 32.3 Å². The van der Waals surface area contributed by atoms with Crippen LogP contribution in [0.3, 0.4) is 0 Å². The smallest absolute Gasteiger partial charge is 0.00489 e. The Morgan fingerprint density at radius 1 is 0.417 bits per heavy atom. The fourth-order valence-corrected chi connectivity index (χ4v) is 3.66. The van der Waals surface area contributed by atoms with Crippen LogP contribution in [-0.4, -0.2) is 13.1 Å². The Balaban J connectivity index is 0.000000207. The number of piperidine rings is 1. The van der Waals surface area contributed by atoms with E-state index < -0.39 is 0 Å². The van der Waals surface area contributed by atoms with Crippen LogP contribution in [0.1, 0.15) is 19.3 Å². The zero-order valence-corrected chi connectivity index (χ0v) is 14.0. The van der Waals surface area contributed by atoms with Gasteiger partial charge in [0.2, 0.25) is 0 Å². The van der Waals surface area contributed by atoms with Crippen LogP contribution >= 0.6 is 0 Å². The van der Waals surface area contributed by atoms with E-state index in [4.69, 9.17) is 0 Å². The fourth-order valence-electron chi connectivity index (χ4n) is 3.66. The fraction of sp³-hybridized carbons (Fsp3) is 0.217. The van der Waals surface area contributed by atoms with Crippen molar-refractivity contribution in [1.29, 1.82) is 0 Å². The molecule has 1 nitrogen and oxygen atoms in total. The second-order valence-electron chi connectivity index (χ2n) is 6.45. The summed E-state index contributed by atoms with van der Waals surface area (Å²) in [6.07, 6.45) is 4.22. The molecule has 0 radical (unpaired) electrons. The van der Waals surface area contributed by atoms with Crippen LogP contribution in [0.4, 0.5) is 0 Å². The highest BCUT2D eigenvalue weighted by Crippen LogP contribution is 2.34. The average molecular weight is 313 g/mol. The summed E-state index contributed by atoms with van der Waals surface area (Å²) in [4.78, 5) is 0. The third-order valence-electron chi connectivity index (χ3n) is 4.86. The molecule has 0 aromatic heterocycles. The minimum atomic E-state index is 1.25. The predicted octanol–water partition coefficient (Wildman–Crippen LogP) is 5.91. The SMILES string of the molecule is C1CCNCC1.c1ccc2c(c1)c1ccccc1c1ccccc21. The molecule has 4 aromatic rings. The zero-order valence-electron chi connectivity index (χ0n) is 14.0. The van der Waals surface area contributed by atoms with Gasteiger partial charge in [-0.25, -0.2) is 0 Å². The van der Waals surface area contributed by atoms with Crippen LogP contribution in [-0.2, 0) is 0 Å². The van der Waals surface area contributed by atoms with Gasteiger partial charge in [0.05, 0.1) is 0 Å². The second kappa shape index (κ2) is 7.02. The molecule has 0 atom stereocenters. The Morgan fingerprint density at radius 3 is 0.875 bits per heavy atom. The summed E-state index contributed by atoms with van der Waals surface area (Å²) in [5, 5.41) is 11.3. The van der Waals surface area contributed by atoms with Crippen molar-refractivity contribution in [3.05, 3.63) is 72.8 Å². The summed E-state index contributed by atoms with van der Waals surface area (Å²) in [5.41, 5.74) is 0. The molecule has 4 aromatic carbocycles. The van der Waals surface area contributed by atoms with Crippen molar-refractivity contribution >= 4 is 32.3 Å². The summed E-state index contributed by atoms with van der Waals surface area (Å²) < 4.78 is 0. The topological polar surface area (TPSA) is 12.0 Å². The summed E-state index contributed by atoms with van der Waals surface area (Å²) in [6, 6.07) is 26.0. The van der Waals surface area contributed by atoms with E-state index in [-0.39, 0.29) is 0 Å². The number of rotatable bonds is 0. The van der Waals surface area contributed by atoms with E-state index in [0.717, 1.165) is 0 Å². The molecule has 1 aliphatic heterocycles. The first-order chi connectivity index (χ1) is 11.9. The number of benzene rings is 4. The zero-order chi connectivity index (χ0) is 16.2. The molecule has 1 N–H and O–H groups in total. The minimum absolute atomic E-state index is 1.25. The molecule has 1 saturated heterocycles. The maximum Gasteiger partial charge on any atom is -0.00489 e. The number of hydrogen-bond acceptors (Lipinski definition) is 1. The predicted molar refractivity (Wildman–Crippen MR) is 106 cm³/mol. The molecule has 0 spiro atoms. The van der Waals surface area contributed by atoms with E-state index in [1.165, 1.54) is 64.7 Å². The monoisotopic (exact) mass is 313 g/mol. The molecule has 1 aliphatic rings. The van der Waals surface area contributed by atoms with E-state index in [1.807, 2.05) is 0 Å². The van der Waals surface area contributed by atoms with Crippen LogP contribution in [0.15, 0.2) is 72.8 Å². The Bertz CT molecular complexity index is 735. The van der Waals surface area contributed by atoms with Gasteiger partial charge in [-0.05, 0) is 58.2 Å². The van der Waals surface area contributed by atoms with Crippen LogP contribution < -0.4 is 5.32 Å². The van der Waals surface area contributed by atoms with Crippen molar-refractivity contribution in [3.8, 4) is 0 Å². The molecule has 0 unspecified atom stereocenters. The average Bonchev–Trinajstić information content (AvgIpc) is 2.70. The van der Waals surface area contributed by atoms with E-state index >= 15 is 0 Å². The molecule has 0 bridgehead atoms. The number of hydrogen-bond donors (Lipinski definition) is 1. The molecule has 24 heavy (non-hydrogen) atoms. The van der Waals surface area contributed by atoms with Crippen LogP contribution in [0, 0.1) is 0 Å². The van der Waals surface area contributed by atoms with Gasteiger partial charge in [0.25, 0.3) is 0 Å². The standard InChI is InChI=1S/C18H12.C5H11N/c1-2-8-14-13(7-1)15-9-3-4-11-17(15)18-12-6-5-10-16(14)18;1-2-4-6-5-3-1/h1-12H;6H,1-5H2. The normalized spacial score (nSPS) is 14.5. The lowest BCUT2D eigenvalue weighted by molar-refractivity contribution is 0.520. The highest BCUT2D eigenvalue weighted by molar-refractivity contribution is 6.25. The largest absolute Gasteiger partial charge is 0.317 e. The number of nitrogens with one attached hydrogen (secondary N) is 1. The molecule has 0 saturated carbocycles. The molecule has 0 amide bonds. The first kappa shape index (κ1) is 15.2. The van der Waals surface area contributed by atoms with Gasteiger partial charge in [0, 0.05) is 0 Å². The van der Waals surface area contributed by atoms with Crippen LogP contribution in [0.5, 0.6) is 0 Å². The van der Waals surface area contributed by atoms with Crippen molar-refractivity contribution in [2.75, 3.05) is 13.1 Å². The van der Waals surface area contributed by atoms with Crippen molar-refractivity contribution in [2.45, 2.75) is 19.3 Å². The van der Waals surface area contributed by atoms with Gasteiger partial charge >= 0.3 is 0 Å². The maximum atomic E-state index is 3.28. The van der Waals surface area contributed by atoms with Gasteiger partial charge in [-0.2, -0.15) is 0 Å². The maximum absolute atomic E-state index is 3.28. The Labute approximate surface area is 143 Å². The van der Waals surface area contributed by atoms with Gasteiger partial charge < -0.3 is 5.32 Å². The quantitative estimate of drug-likeness (QED) is 0.398. The summed E-state index contributed by atoms with van der Waals surface area (Å²) >= 11 is 0. The number of fused-ring (bicyclic) bond motifs is 6. The third-order valence-corrected chi connectivity index (χ3v) is 4.86. The molecular weight excluding hydrogens is 290 g/mol. The Hall–Kier alpha value is -2.38. The van der Waals surface area contributed by atoms with E-state index in [9.17, 15) is 0 Å². The lowest BCUT2D eigenvalue weighted by Gasteiger charge is -2.09. The second-order valence-corrected chi connectivity index (χ2v) is 6.45. The lowest BCUT2D eigenvalue weighted by atomic mass is 9.95. The summed E-state index contributed by atoms with van der Waals surface area (Å²) in [5.74, 6) is 0. The van der Waals surface area contributed by atoms with Gasteiger partial charge in [-0.15, -0.1) is 0 Å². The van der Waals surface area contributed by atoms with E-state index in [2.05, 4.69) is 78.1 Å². The van der Waals surface area contributed by atoms with Crippen molar-refractivity contribution in [1.82, 2.24) is 5.32 Å². The molecule has 120 valence electrons. The highest BCUT2D eigenvalue weighted by atomic mass is 14.9. The van der Waals surface area contributed by atoms with Crippen molar-refractivity contribution in [2.24, 2.45) is 0 Å². The minimum Gasteiger partial charge on any atom is -0.317 e. The molecule has 0 aliphatic carbocycles. The van der Waals surface area contributed by atoms with Gasteiger partial charge in [0.15, 0.2) is 0 Å². The Morgan fingerprint density at radius 2 is 0.708 bits per heavy atom. The Kier molecular flexibility index (Phi) is 4.44. The lowest BCUT2D eigenvalue weighted by Crippen LogP contribution is -2.21. The highest BCUT2D eigenvalue weighted by Gasteiger charge is 2.06. The first-order valence-corrected chi connectivity index (χ1v) is 8.94. The van der Waals surface area contributed by atoms with Gasteiger partial charge in [-0.1, -0.05) is 79.2 Å². The van der Waals surface area contributed by atoms with Gasteiger partial charge in [0.1, 0.15) is 0 Å². The molecule has 1 heterocycles. The van der Waals surface area contributed by atoms with Crippen LogP contribution in [0.2, 0.25) is 0 Å². The summed E-state index contributed by atoms with van der Waals surface area (Å²) in [6.45, 7) is 2.50. The van der Waals surface area contributed by atoms with E-state index in [1.54, 1.807) is 0 Å². The molecule has 1 fully saturated rings. The molecule has 1 heteroatoms. The van der Waals surface area contributed by atoms with Crippen molar-refractivity contribution in [3.63, 3.8) is 0 Å².